The third kappa shape index (κ3) is 9.29. The highest BCUT2D eigenvalue weighted by Crippen LogP contribution is 2.54. The van der Waals surface area contributed by atoms with Gasteiger partial charge in [-0.15, -0.1) is 0 Å². The normalized spacial score (nSPS) is 13.3. The first-order valence-electron chi connectivity index (χ1n) is 15.9. The first kappa shape index (κ1) is 38.4. The summed E-state index contributed by atoms with van der Waals surface area (Å²) in [5, 5.41) is 20.8. The minimum absolute atomic E-state index is 0.00831. The molecule has 3 aromatic rings. The van der Waals surface area contributed by atoms with Crippen molar-refractivity contribution in [1.29, 1.82) is 0 Å². The van der Waals surface area contributed by atoms with Crippen LogP contribution in [-0.2, 0) is 6.54 Å². The molecule has 0 saturated carbocycles. The Hall–Kier alpha value is -3.09. The molecule has 264 valence electrons. The number of aromatic nitrogens is 1. The number of halogens is 9. The van der Waals surface area contributed by atoms with Crippen molar-refractivity contribution in [3.05, 3.63) is 48.0 Å². The highest BCUT2D eigenvalue weighted by molar-refractivity contribution is 5.92. The second-order valence-corrected chi connectivity index (χ2v) is 12.3. The Morgan fingerprint density at radius 3 is 1.72 bits per heavy atom. The zero-order valence-electron chi connectivity index (χ0n) is 26.6. The number of unbranched alkanes of at least 4 members (excludes halogenated alkanes) is 8. The van der Waals surface area contributed by atoms with Gasteiger partial charge in [0.15, 0.2) is 0 Å². The largest absolute Gasteiger partial charge is 0.508 e. The summed E-state index contributed by atoms with van der Waals surface area (Å²) in [6.07, 6.45) is -2.17. The lowest BCUT2D eigenvalue weighted by Gasteiger charge is -2.33. The lowest BCUT2D eigenvalue weighted by Crippen LogP contribution is -2.60. The van der Waals surface area contributed by atoms with Crippen LogP contribution in [0.4, 0.5) is 39.5 Å². The molecule has 0 aliphatic carbocycles. The Kier molecular flexibility index (Phi) is 13.0. The van der Waals surface area contributed by atoms with Crippen molar-refractivity contribution in [3.63, 3.8) is 0 Å². The molecule has 1 heterocycles. The van der Waals surface area contributed by atoms with Gasteiger partial charge >= 0.3 is 23.9 Å². The number of phenolic OH excluding ortho intramolecular Hbond substituents is 2. The van der Waals surface area contributed by atoms with Gasteiger partial charge in [0, 0.05) is 23.9 Å². The molecule has 0 amide bonds. The molecule has 0 saturated heterocycles. The number of alkyl halides is 9. The number of benzene rings is 2. The van der Waals surface area contributed by atoms with Gasteiger partial charge in [-0.05, 0) is 106 Å². The standard InChI is InChI=1S/C34H43F9N2O2/c1-24-28-23-27(47)17-18-29(28)45(30(24)25-13-15-26(46)16-14-25)22-12-7-4-3-6-10-20-44(2)21-11-8-5-9-19-31(35,36)32(37,38)33(39,40)34(41,42)43/h13-18,23,46-47H,3-12,19-22H2,1-2H3. The van der Waals surface area contributed by atoms with Crippen LogP contribution in [0.1, 0.15) is 76.2 Å². The molecule has 4 nitrogen and oxygen atoms in total. The third-order valence-corrected chi connectivity index (χ3v) is 8.60. The number of rotatable bonds is 19. The summed E-state index contributed by atoms with van der Waals surface area (Å²) in [6.45, 7) is 4.24. The van der Waals surface area contributed by atoms with Crippen molar-refractivity contribution < 1.29 is 49.7 Å². The Morgan fingerprint density at radius 2 is 1.15 bits per heavy atom. The Labute approximate surface area is 269 Å². The Bertz CT molecular complexity index is 1420. The molecule has 2 N–H and O–H groups in total. The molecule has 3 rings (SSSR count). The second-order valence-electron chi connectivity index (χ2n) is 12.3. The van der Waals surface area contributed by atoms with Crippen molar-refractivity contribution in [2.45, 2.75) is 108 Å². The van der Waals surface area contributed by atoms with Crippen LogP contribution in [-0.4, -0.2) is 63.8 Å². The zero-order chi connectivity index (χ0) is 35.0. The quantitative estimate of drug-likeness (QED) is 0.0977. The number of aryl methyl sites for hydroxylation is 2. The number of hydrogen-bond donors (Lipinski definition) is 2. The maximum atomic E-state index is 13.6. The van der Waals surface area contributed by atoms with E-state index in [1.807, 2.05) is 32.2 Å². The maximum Gasteiger partial charge on any atom is 0.460 e. The van der Waals surface area contributed by atoms with Gasteiger partial charge in [-0.25, -0.2) is 0 Å². The van der Waals surface area contributed by atoms with E-state index >= 15 is 0 Å². The number of fused-ring (bicyclic) bond motifs is 1. The summed E-state index contributed by atoms with van der Waals surface area (Å²) in [5.74, 6) is -18.4. The van der Waals surface area contributed by atoms with E-state index < -0.39 is 36.8 Å². The number of aromatic hydroxyl groups is 2. The van der Waals surface area contributed by atoms with E-state index in [0.29, 0.717) is 19.4 Å². The van der Waals surface area contributed by atoms with Crippen LogP contribution in [0, 0.1) is 6.92 Å². The fraction of sp³-hybridized carbons (Fsp3) is 0.588. The van der Waals surface area contributed by atoms with Crippen LogP contribution in [0.25, 0.3) is 22.2 Å². The monoisotopic (exact) mass is 682 g/mol. The average Bonchev–Trinajstić information content (AvgIpc) is 3.26. The van der Waals surface area contributed by atoms with Gasteiger partial charge in [-0.2, -0.15) is 39.5 Å². The first-order valence-corrected chi connectivity index (χ1v) is 15.9. The predicted molar refractivity (Wildman–Crippen MR) is 165 cm³/mol. The molecule has 13 heteroatoms. The first-order chi connectivity index (χ1) is 21.9. The summed E-state index contributed by atoms with van der Waals surface area (Å²) < 4.78 is 119. The summed E-state index contributed by atoms with van der Waals surface area (Å²) >= 11 is 0. The third-order valence-electron chi connectivity index (χ3n) is 8.60. The van der Waals surface area contributed by atoms with Crippen molar-refractivity contribution >= 4 is 10.9 Å². The van der Waals surface area contributed by atoms with E-state index in [2.05, 4.69) is 9.47 Å². The fourth-order valence-electron chi connectivity index (χ4n) is 5.85. The van der Waals surface area contributed by atoms with E-state index in [-0.39, 0.29) is 17.9 Å². The van der Waals surface area contributed by atoms with Gasteiger partial charge in [-0.1, -0.05) is 38.5 Å². The molecular weight excluding hydrogens is 639 g/mol. The lowest BCUT2D eigenvalue weighted by atomic mass is 9.98. The van der Waals surface area contributed by atoms with Gasteiger partial charge in [0.25, 0.3) is 0 Å². The molecule has 1 aromatic heterocycles. The van der Waals surface area contributed by atoms with Gasteiger partial charge in [0.2, 0.25) is 0 Å². The smallest absolute Gasteiger partial charge is 0.460 e. The van der Waals surface area contributed by atoms with Gasteiger partial charge in [0.05, 0.1) is 5.69 Å². The lowest BCUT2D eigenvalue weighted by molar-refractivity contribution is -0.396. The minimum atomic E-state index is -6.82. The Balaban J connectivity index is 1.32. The van der Waals surface area contributed by atoms with Crippen LogP contribution in [0.5, 0.6) is 11.5 Å². The average molecular weight is 683 g/mol. The van der Waals surface area contributed by atoms with E-state index in [4.69, 9.17) is 0 Å². The van der Waals surface area contributed by atoms with E-state index in [0.717, 1.165) is 79.3 Å². The molecule has 0 bridgehead atoms. The van der Waals surface area contributed by atoms with Crippen molar-refractivity contribution in [2.24, 2.45) is 0 Å². The van der Waals surface area contributed by atoms with Crippen molar-refractivity contribution in [2.75, 3.05) is 20.1 Å². The molecule has 0 spiro atoms. The minimum Gasteiger partial charge on any atom is -0.508 e. The Morgan fingerprint density at radius 1 is 0.638 bits per heavy atom. The maximum absolute atomic E-state index is 13.6. The number of hydrogen-bond acceptors (Lipinski definition) is 3. The van der Waals surface area contributed by atoms with Crippen LogP contribution in [0.15, 0.2) is 42.5 Å². The topological polar surface area (TPSA) is 48.6 Å². The molecule has 0 radical (unpaired) electrons. The molecular formula is C34H43F9N2O2. The van der Waals surface area contributed by atoms with Crippen LogP contribution in [0.3, 0.4) is 0 Å². The highest BCUT2D eigenvalue weighted by atomic mass is 19.4. The molecule has 0 aliphatic rings. The summed E-state index contributed by atoms with van der Waals surface area (Å²) in [5.41, 5.74) is 4.14. The predicted octanol–water partition coefficient (Wildman–Crippen LogP) is 10.7. The fourth-order valence-corrected chi connectivity index (χ4v) is 5.85. The zero-order valence-corrected chi connectivity index (χ0v) is 26.6. The SMILES string of the molecule is Cc1c(-c2ccc(O)cc2)n(CCCCCCCCN(C)CCCCCCC(F)(F)C(F)(F)C(F)(F)C(F)(F)F)c2ccc(O)cc12. The van der Waals surface area contributed by atoms with Crippen molar-refractivity contribution in [3.8, 4) is 22.8 Å². The summed E-state index contributed by atoms with van der Waals surface area (Å²) in [6, 6.07) is 12.4. The summed E-state index contributed by atoms with van der Waals surface area (Å²) in [4.78, 5) is 2.05. The molecule has 0 atom stereocenters. The molecule has 0 aliphatic heterocycles. The molecule has 2 aromatic carbocycles. The highest BCUT2D eigenvalue weighted by Gasteiger charge is 2.81. The van der Waals surface area contributed by atoms with Crippen LogP contribution >= 0.6 is 0 Å². The molecule has 0 fully saturated rings. The van der Waals surface area contributed by atoms with E-state index in [9.17, 15) is 49.7 Å². The van der Waals surface area contributed by atoms with Gasteiger partial charge in [-0.3, -0.25) is 0 Å². The summed E-state index contributed by atoms with van der Waals surface area (Å²) in [7, 11) is 1.89. The van der Waals surface area contributed by atoms with Gasteiger partial charge < -0.3 is 19.7 Å². The second kappa shape index (κ2) is 15.9. The van der Waals surface area contributed by atoms with Crippen LogP contribution < -0.4 is 0 Å². The molecule has 0 unspecified atom stereocenters. The van der Waals surface area contributed by atoms with Crippen LogP contribution in [0.2, 0.25) is 0 Å². The van der Waals surface area contributed by atoms with Gasteiger partial charge in [0.1, 0.15) is 11.5 Å². The molecule has 47 heavy (non-hydrogen) atoms. The van der Waals surface area contributed by atoms with E-state index in [1.54, 1.807) is 24.3 Å². The number of phenols is 2. The van der Waals surface area contributed by atoms with Crippen molar-refractivity contribution in [1.82, 2.24) is 9.47 Å². The van der Waals surface area contributed by atoms with E-state index in [1.165, 1.54) is 0 Å². The number of nitrogens with zero attached hydrogens (tertiary/aromatic N) is 2.